The van der Waals surface area contributed by atoms with Gasteiger partial charge in [0.05, 0.1) is 24.4 Å². The summed E-state index contributed by atoms with van der Waals surface area (Å²) in [4.78, 5) is 8.13. The molecule has 2 N–H and O–H groups in total. The average Bonchev–Trinajstić information content (AvgIpc) is 3.08. The average molecular weight is 280 g/mol. The molecule has 2 aromatic heterocycles. The molecule has 0 saturated heterocycles. The second-order valence-corrected chi connectivity index (χ2v) is 4.81. The van der Waals surface area contributed by atoms with Crippen LogP contribution in [-0.2, 0) is 6.54 Å². The van der Waals surface area contributed by atoms with Gasteiger partial charge in [0.15, 0.2) is 0 Å². The monoisotopic (exact) mass is 280 g/mol. The highest BCUT2D eigenvalue weighted by Gasteiger charge is 1.99. The molecular formula is C15H16N6. The largest absolute Gasteiger partial charge is 0.368 e. The van der Waals surface area contributed by atoms with Crippen LogP contribution in [0, 0.1) is 6.92 Å². The van der Waals surface area contributed by atoms with Crippen LogP contribution < -0.4 is 5.73 Å². The summed E-state index contributed by atoms with van der Waals surface area (Å²) in [7, 11) is 0. The van der Waals surface area contributed by atoms with E-state index in [1.54, 1.807) is 29.6 Å². The Hall–Kier alpha value is -2.89. The van der Waals surface area contributed by atoms with Gasteiger partial charge in [0.2, 0.25) is 5.95 Å². The molecule has 1 aromatic carbocycles. The molecule has 0 bridgehead atoms. The Morgan fingerprint density at radius 1 is 1.29 bits per heavy atom. The van der Waals surface area contributed by atoms with E-state index in [1.165, 1.54) is 5.56 Å². The van der Waals surface area contributed by atoms with Crippen molar-refractivity contribution >= 4 is 12.2 Å². The lowest BCUT2D eigenvalue weighted by molar-refractivity contribution is 0.797. The van der Waals surface area contributed by atoms with Crippen molar-refractivity contribution in [1.82, 2.24) is 19.2 Å². The van der Waals surface area contributed by atoms with E-state index in [-0.39, 0.29) is 0 Å². The van der Waals surface area contributed by atoms with E-state index in [0.717, 1.165) is 17.8 Å². The number of hydrogen-bond acceptors (Lipinski definition) is 4. The highest BCUT2D eigenvalue weighted by atomic mass is 15.4. The summed E-state index contributed by atoms with van der Waals surface area (Å²) >= 11 is 0. The second-order valence-electron chi connectivity index (χ2n) is 4.81. The van der Waals surface area contributed by atoms with Crippen LogP contribution in [0.25, 0.3) is 0 Å². The third-order valence-electron chi connectivity index (χ3n) is 3.07. The summed E-state index contributed by atoms with van der Waals surface area (Å²) in [6.45, 7) is 2.69. The van der Waals surface area contributed by atoms with E-state index >= 15 is 0 Å². The zero-order valence-electron chi connectivity index (χ0n) is 11.7. The van der Waals surface area contributed by atoms with E-state index in [1.807, 2.05) is 29.8 Å². The van der Waals surface area contributed by atoms with E-state index in [2.05, 4.69) is 27.2 Å². The Morgan fingerprint density at radius 3 is 2.71 bits per heavy atom. The predicted octanol–water partition coefficient (Wildman–Crippen LogP) is 1.90. The van der Waals surface area contributed by atoms with Crippen molar-refractivity contribution in [3.05, 3.63) is 66.0 Å². The first-order chi connectivity index (χ1) is 10.2. The fraction of sp³-hybridized carbons (Fsp3) is 0.133. The molecule has 3 rings (SSSR count). The standard InChI is InChI=1S/C15H16N6/c1-12-9-21(15(16)19-12)18-8-13-2-4-14(5-3-13)10-20-7-6-17-11-20/h2-9,11H,10H2,1H3,(H2,16,19). The number of hydrogen-bond donors (Lipinski definition) is 1. The first kappa shape index (κ1) is 13.1. The highest BCUT2D eigenvalue weighted by Crippen LogP contribution is 2.07. The zero-order valence-corrected chi connectivity index (χ0v) is 11.7. The lowest BCUT2D eigenvalue weighted by Gasteiger charge is -2.02. The molecule has 0 fully saturated rings. The van der Waals surface area contributed by atoms with Crippen LogP contribution in [0.4, 0.5) is 5.95 Å². The van der Waals surface area contributed by atoms with E-state index in [4.69, 9.17) is 5.73 Å². The van der Waals surface area contributed by atoms with Crippen LogP contribution in [0.1, 0.15) is 16.8 Å². The third kappa shape index (κ3) is 3.17. The van der Waals surface area contributed by atoms with Gasteiger partial charge in [-0.2, -0.15) is 5.10 Å². The lowest BCUT2D eigenvalue weighted by atomic mass is 10.1. The lowest BCUT2D eigenvalue weighted by Crippen LogP contribution is -1.98. The molecule has 3 aromatic rings. The minimum Gasteiger partial charge on any atom is -0.368 e. The number of aryl methyl sites for hydroxylation is 1. The quantitative estimate of drug-likeness (QED) is 0.742. The number of imidazole rings is 2. The molecular weight excluding hydrogens is 264 g/mol. The number of benzene rings is 1. The summed E-state index contributed by atoms with van der Waals surface area (Å²) in [6, 6.07) is 8.19. The highest BCUT2D eigenvalue weighted by molar-refractivity contribution is 5.79. The van der Waals surface area contributed by atoms with Crippen LogP contribution >= 0.6 is 0 Å². The molecule has 2 heterocycles. The second kappa shape index (κ2) is 5.62. The normalized spacial score (nSPS) is 11.3. The van der Waals surface area contributed by atoms with Gasteiger partial charge in [-0.1, -0.05) is 24.3 Å². The summed E-state index contributed by atoms with van der Waals surface area (Å²) in [6.07, 6.45) is 9.08. The summed E-state index contributed by atoms with van der Waals surface area (Å²) in [5.74, 6) is 0.389. The Labute approximate surface area is 122 Å². The molecule has 0 aliphatic rings. The summed E-state index contributed by atoms with van der Waals surface area (Å²) < 4.78 is 3.59. The maximum absolute atomic E-state index is 5.73. The van der Waals surface area contributed by atoms with Crippen LogP contribution in [0.3, 0.4) is 0 Å². The zero-order chi connectivity index (χ0) is 14.7. The Balaban J connectivity index is 1.71. The number of nitrogen functional groups attached to an aromatic ring is 1. The fourth-order valence-electron chi connectivity index (χ4n) is 2.03. The van der Waals surface area contributed by atoms with Crippen molar-refractivity contribution in [2.24, 2.45) is 5.10 Å². The molecule has 0 aliphatic carbocycles. The minimum atomic E-state index is 0.389. The van der Waals surface area contributed by atoms with Gasteiger partial charge in [-0.25, -0.2) is 14.6 Å². The summed E-state index contributed by atoms with van der Waals surface area (Å²) in [5.41, 5.74) is 8.80. The molecule has 0 amide bonds. The van der Waals surface area contributed by atoms with Crippen molar-refractivity contribution in [3.63, 3.8) is 0 Å². The fourth-order valence-corrected chi connectivity index (χ4v) is 2.03. The van der Waals surface area contributed by atoms with Gasteiger partial charge >= 0.3 is 0 Å². The number of aromatic nitrogens is 4. The first-order valence-electron chi connectivity index (χ1n) is 6.61. The number of anilines is 1. The maximum atomic E-state index is 5.73. The first-order valence-corrected chi connectivity index (χ1v) is 6.61. The SMILES string of the molecule is Cc1cn(N=Cc2ccc(Cn3ccnc3)cc2)c(N)n1. The van der Waals surface area contributed by atoms with Crippen LogP contribution in [0.2, 0.25) is 0 Å². The van der Waals surface area contributed by atoms with Gasteiger partial charge in [0, 0.05) is 18.9 Å². The van der Waals surface area contributed by atoms with Crippen molar-refractivity contribution < 1.29 is 0 Å². The van der Waals surface area contributed by atoms with Gasteiger partial charge < -0.3 is 10.3 Å². The van der Waals surface area contributed by atoms with Gasteiger partial charge in [-0.05, 0) is 18.1 Å². The van der Waals surface area contributed by atoms with Crippen molar-refractivity contribution in [2.45, 2.75) is 13.5 Å². The van der Waals surface area contributed by atoms with Crippen molar-refractivity contribution in [3.8, 4) is 0 Å². The maximum Gasteiger partial charge on any atom is 0.221 e. The molecule has 0 aliphatic heterocycles. The smallest absolute Gasteiger partial charge is 0.221 e. The molecule has 6 heteroatoms. The number of nitrogens with zero attached hydrogens (tertiary/aromatic N) is 5. The molecule has 0 spiro atoms. The number of nitrogens with two attached hydrogens (primary N) is 1. The molecule has 106 valence electrons. The molecule has 0 saturated carbocycles. The minimum absolute atomic E-state index is 0.389. The van der Waals surface area contributed by atoms with Gasteiger partial charge in [0.25, 0.3) is 0 Å². The Kier molecular flexibility index (Phi) is 3.51. The molecule has 21 heavy (non-hydrogen) atoms. The van der Waals surface area contributed by atoms with Crippen molar-refractivity contribution in [1.29, 1.82) is 0 Å². The number of rotatable bonds is 4. The van der Waals surface area contributed by atoms with Gasteiger partial charge in [0.1, 0.15) is 0 Å². The Bertz CT molecular complexity index is 737. The molecule has 6 nitrogen and oxygen atoms in total. The summed E-state index contributed by atoms with van der Waals surface area (Å²) in [5, 5.41) is 4.29. The molecule has 0 radical (unpaired) electrons. The van der Waals surface area contributed by atoms with E-state index in [0.29, 0.717) is 5.95 Å². The molecule has 0 unspecified atom stereocenters. The van der Waals surface area contributed by atoms with Crippen LogP contribution in [-0.4, -0.2) is 25.4 Å². The van der Waals surface area contributed by atoms with Gasteiger partial charge in [-0.3, -0.25) is 0 Å². The van der Waals surface area contributed by atoms with E-state index < -0.39 is 0 Å². The van der Waals surface area contributed by atoms with Gasteiger partial charge in [-0.15, -0.1) is 0 Å². The third-order valence-corrected chi connectivity index (χ3v) is 3.07. The van der Waals surface area contributed by atoms with E-state index in [9.17, 15) is 0 Å². The predicted molar refractivity (Wildman–Crippen MR) is 82.1 cm³/mol. The topological polar surface area (TPSA) is 74.0 Å². The van der Waals surface area contributed by atoms with Crippen LogP contribution in [0.5, 0.6) is 0 Å². The van der Waals surface area contributed by atoms with Crippen LogP contribution in [0.15, 0.2) is 54.3 Å². The Morgan fingerprint density at radius 2 is 2.10 bits per heavy atom. The van der Waals surface area contributed by atoms with Crippen molar-refractivity contribution in [2.75, 3.05) is 5.73 Å². The molecule has 0 atom stereocenters.